The zero-order valence-corrected chi connectivity index (χ0v) is 16.2. The van der Waals surface area contributed by atoms with Crippen molar-refractivity contribution in [2.45, 2.75) is 13.3 Å². The average molecular weight is 387 g/mol. The number of nitrogens with two attached hydrogens (primary N) is 1. The van der Waals surface area contributed by atoms with Gasteiger partial charge in [-0.15, -0.1) is 0 Å². The Labute approximate surface area is 167 Å². The molecule has 0 saturated carbocycles. The van der Waals surface area contributed by atoms with Gasteiger partial charge in [-0.05, 0) is 42.3 Å². The molecule has 0 spiro atoms. The van der Waals surface area contributed by atoms with Crippen LogP contribution in [0.4, 0.5) is 22.0 Å². The molecule has 0 saturated heterocycles. The van der Waals surface area contributed by atoms with Gasteiger partial charge in [0.15, 0.2) is 5.65 Å². The van der Waals surface area contributed by atoms with Crippen LogP contribution in [0.25, 0.3) is 11.0 Å². The Morgan fingerprint density at radius 1 is 1.07 bits per heavy atom. The number of nitrogen functional groups attached to an aromatic ring is 1. The number of urea groups is 1. The van der Waals surface area contributed by atoms with Gasteiger partial charge in [-0.25, -0.2) is 14.8 Å². The highest BCUT2D eigenvalue weighted by molar-refractivity contribution is 5.99. The van der Waals surface area contributed by atoms with E-state index in [-0.39, 0.29) is 6.03 Å². The fourth-order valence-corrected chi connectivity index (χ4v) is 3.28. The third-order valence-electron chi connectivity index (χ3n) is 4.55. The minimum Gasteiger partial charge on any atom is -0.383 e. The first-order valence-electron chi connectivity index (χ1n) is 9.15. The van der Waals surface area contributed by atoms with E-state index in [1.165, 1.54) is 6.33 Å². The molecule has 146 valence electrons. The van der Waals surface area contributed by atoms with Gasteiger partial charge in [-0.3, -0.25) is 4.68 Å². The number of hydrogen-bond donors (Lipinski definition) is 3. The molecule has 8 heteroatoms. The van der Waals surface area contributed by atoms with Crippen LogP contribution in [0.15, 0.2) is 54.9 Å². The zero-order chi connectivity index (χ0) is 20.4. The maximum Gasteiger partial charge on any atom is 0.323 e. The predicted molar refractivity (Wildman–Crippen MR) is 114 cm³/mol. The molecule has 2 aromatic heterocycles. The van der Waals surface area contributed by atoms with E-state index >= 15 is 0 Å². The second-order valence-electron chi connectivity index (χ2n) is 6.85. The normalized spacial score (nSPS) is 10.8. The van der Waals surface area contributed by atoms with E-state index in [0.717, 1.165) is 27.9 Å². The molecular weight excluding hydrogens is 366 g/mol. The molecule has 0 radical (unpaired) electrons. The Hall–Kier alpha value is -3.94. The van der Waals surface area contributed by atoms with Crippen LogP contribution in [0.2, 0.25) is 0 Å². The number of fused-ring (bicyclic) bond motifs is 1. The molecule has 4 aromatic rings. The standard InChI is InChI=1S/C21H21N7O/c1-13-5-3-7-15(9-13)25-21(29)26-16-8-4-6-14(10-16)11-17-18-19(22)23-12-24-20(18)28(2)27-17/h3-10,12H,11H2,1-2H3,(H2,22,23,24)(H2,25,26,29). The summed E-state index contributed by atoms with van der Waals surface area (Å²) in [6.45, 7) is 1.98. The number of carbonyl (C=O) groups is 1. The maximum atomic E-state index is 12.3. The third kappa shape index (κ3) is 4.01. The van der Waals surface area contributed by atoms with Crippen molar-refractivity contribution >= 4 is 34.3 Å². The van der Waals surface area contributed by atoms with Gasteiger partial charge in [-0.1, -0.05) is 24.3 Å². The van der Waals surface area contributed by atoms with Crippen molar-refractivity contribution in [2.75, 3.05) is 16.4 Å². The molecule has 0 aliphatic heterocycles. The van der Waals surface area contributed by atoms with Crippen LogP contribution in [-0.4, -0.2) is 25.8 Å². The number of hydrogen-bond acceptors (Lipinski definition) is 5. The van der Waals surface area contributed by atoms with Crippen LogP contribution in [-0.2, 0) is 13.5 Å². The summed E-state index contributed by atoms with van der Waals surface area (Å²) in [7, 11) is 1.83. The van der Waals surface area contributed by atoms with E-state index in [9.17, 15) is 4.79 Å². The van der Waals surface area contributed by atoms with E-state index in [1.54, 1.807) is 4.68 Å². The summed E-state index contributed by atoms with van der Waals surface area (Å²) in [4.78, 5) is 20.6. The van der Waals surface area contributed by atoms with Crippen LogP contribution >= 0.6 is 0 Å². The first kappa shape index (κ1) is 18.4. The topological polar surface area (TPSA) is 111 Å². The van der Waals surface area contributed by atoms with Gasteiger partial charge in [0.2, 0.25) is 0 Å². The van der Waals surface area contributed by atoms with Crippen LogP contribution in [0, 0.1) is 6.92 Å². The van der Waals surface area contributed by atoms with Crippen molar-refractivity contribution in [2.24, 2.45) is 7.05 Å². The lowest BCUT2D eigenvalue weighted by Crippen LogP contribution is -2.19. The van der Waals surface area contributed by atoms with Gasteiger partial charge in [0.05, 0.1) is 11.1 Å². The number of aryl methyl sites for hydroxylation is 2. The molecule has 0 aliphatic rings. The summed E-state index contributed by atoms with van der Waals surface area (Å²) in [6.07, 6.45) is 1.98. The van der Waals surface area contributed by atoms with Gasteiger partial charge in [0.1, 0.15) is 12.1 Å². The number of nitrogens with zero attached hydrogens (tertiary/aromatic N) is 4. The van der Waals surface area contributed by atoms with Crippen molar-refractivity contribution in [3.05, 3.63) is 71.7 Å². The molecule has 0 fully saturated rings. The fourth-order valence-electron chi connectivity index (χ4n) is 3.28. The molecule has 0 aliphatic carbocycles. The Kier molecular flexibility index (Phi) is 4.82. The highest BCUT2D eigenvalue weighted by Crippen LogP contribution is 2.24. The van der Waals surface area contributed by atoms with Crippen LogP contribution in [0.1, 0.15) is 16.8 Å². The van der Waals surface area contributed by atoms with Crippen LogP contribution < -0.4 is 16.4 Å². The smallest absolute Gasteiger partial charge is 0.323 e. The van der Waals surface area contributed by atoms with Crippen molar-refractivity contribution in [3.63, 3.8) is 0 Å². The number of rotatable bonds is 4. The molecule has 8 nitrogen and oxygen atoms in total. The lowest BCUT2D eigenvalue weighted by Gasteiger charge is -2.09. The summed E-state index contributed by atoms with van der Waals surface area (Å²) in [5, 5.41) is 11.0. The van der Waals surface area contributed by atoms with Gasteiger partial charge in [0, 0.05) is 24.8 Å². The van der Waals surface area contributed by atoms with Crippen LogP contribution in [0.5, 0.6) is 0 Å². The maximum absolute atomic E-state index is 12.3. The van der Waals surface area contributed by atoms with Crippen molar-refractivity contribution < 1.29 is 4.79 Å². The Bertz CT molecular complexity index is 1200. The Balaban J connectivity index is 1.52. The minimum atomic E-state index is -0.298. The highest BCUT2D eigenvalue weighted by Gasteiger charge is 2.14. The Morgan fingerprint density at radius 3 is 2.55 bits per heavy atom. The second-order valence-corrected chi connectivity index (χ2v) is 6.85. The molecule has 0 unspecified atom stereocenters. The molecule has 0 atom stereocenters. The lowest BCUT2D eigenvalue weighted by molar-refractivity contribution is 0.262. The van der Waals surface area contributed by atoms with Gasteiger partial charge >= 0.3 is 6.03 Å². The van der Waals surface area contributed by atoms with Gasteiger partial charge < -0.3 is 16.4 Å². The number of aromatic nitrogens is 4. The van der Waals surface area contributed by atoms with Crippen LogP contribution in [0.3, 0.4) is 0 Å². The van der Waals surface area contributed by atoms with E-state index in [4.69, 9.17) is 5.73 Å². The molecule has 29 heavy (non-hydrogen) atoms. The van der Waals surface area contributed by atoms with Crippen molar-refractivity contribution in [1.29, 1.82) is 0 Å². The SMILES string of the molecule is Cc1cccc(NC(=O)Nc2cccc(Cc3nn(C)c4ncnc(N)c34)c2)c1. The van der Waals surface area contributed by atoms with Gasteiger partial charge in [-0.2, -0.15) is 5.10 Å². The molecule has 2 heterocycles. The third-order valence-corrected chi connectivity index (χ3v) is 4.55. The summed E-state index contributed by atoms with van der Waals surface area (Å²) in [6, 6.07) is 15.0. The number of benzene rings is 2. The van der Waals surface area contributed by atoms with Crippen molar-refractivity contribution in [3.8, 4) is 0 Å². The minimum absolute atomic E-state index is 0.298. The summed E-state index contributed by atoms with van der Waals surface area (Å²) < 4.78 is 1.69. The monoisotopic (exact) mass is 387 g/mol. The fraction of sp³-hybridized carbons (Fsp3) is 0.143. The largest absolute Gasteiger partial charge is 0.383 e. The Morgan fingerprint density at radius 2 is 1.79 bits per heavy atom. The first-order valence-corrected chi connectivity index (χ1v) is 9.15. The zero-order valence-electron chi connectivity index (χ0n) is 16.2. The number of carbonyl (C=O) groups excluding carboxylic acids is 1. The summed E-state index contributed by atoms with van der Waals surface area (Å²) in [5.41, 5.74) is 11.0. The van der Waals surface area contributed by atoms with Crippen molar-refractivity contribution in [1.82, 2.24) is 19.7 Å². The van der Waals surface area contributed by atoms with Gasteiger partial charge in [0.25, 0.3) is 0 Å². The molecule has 2 amide bonds. The number of nitrogens with one attached hydrogen (secondary N) is 2. The van der Waals surface area contributed by atoms with E-state index in [0.29, 0.717) is 23.6 Å². The molecule has 0 bridgehead atoms. The molecular formula is C21H21N7O. The molecule has 4 N–H and O–H groups in total. The highest BCUT2D eigenvalue weighted by atomic mass is 16.2. The van der Waals surface area contributed by atoms with E-state index in [1.807, 2.05) is 62.5 Å². The second kappa shape index (κ2) is 7.59. The predicted octanol–water partition coefficient (Wildman–Crippen LogP) is 3.49. The van der Waals surface area contributed by atoms with E-state index < -0.39 is 0 Å². The lowest BCUT2D eigenvalue weighted by atomic mass is 10.1. The number of anilines is 3. The summed E-state index contributed by atoms with van der Waals surface area (Å²) in [5.74, 6) is 0.407. The molecule has 4 rings (SSSR count). The quantitative estimate of drug-likeness (QED) is 0.496. The average Bonchev–Trinajstić information content (AvgIpc) is 2.99. The van der Waals surface area contributed by atoms with E-state index in [2.05, 4.69) is 25.7 Å². The first-order chi connectivity index (χ1) is 14.0. The number of amides is 2. The summed E-state index contributed by atoms with van der Waals surface area (Å²) >= 11 is 0. The molecule has 2 aromatic carbocycles.